The number of aliphatic hydroxyl groups is 1. The number of amides is 1. The molecule has 35 heteroatoms. The van der Waals surface area contributed by atoms with Gasteiger partial charge in [-0.15, -0.1) is 0 Å². The zero-order valence-electron chi connectivity index (χ0n) is 66.3. The molecule has 2 unspecified atom stereocenters. The molecule has 618 valence electrons. The quantitative estimate of drug-likeness (QED) is 0.0222. The van der Waals surface area contributed by atoms with Crippen molar-refractivity contribution in [1.29, 1.82) is 0 Å². The molecule has 0 aliphatic carbocycles. The van der Waals surface area contributed by atoms with E-state index in [4.69, 9.17) is 49.0 Å². The molecule has 4 aromatic carbocycles. The lowest BCUT2D eigenvalue weighted by Gasteiger charge is -2.38. The minimum Gasteiger partial charge on any atom is -0.481 e. The van der Waals surface area contributed by atoms with Crippen LogP contribution in [0.3, 0.4) is 0 Å². The van der Waals surface area contributed by atoms with Crippen molar-refractivity contribution in [2.75, 3.05) is 59.4 Å². The van der Waals surface area contributed by atoms with E-state index in [1.165, 1.54) is 48.8 Å². The number of benzene rings is 4. The van der Waals surface area contributed by atoms with Gasteiger partial charge in [0, 0.05) is 153 Å². The number of aromatic nitrogens is 12. The fraction of sp³-hybridized carbons (Fsp3) is 0.532. The second-order valence-corrected chi connectivity index (χ2v) is 28.1. The van der Waals surface area contributed by atoms with Gasteiger partial charge in [-0.25, -0.2) is 51.9 Å². The molecule has 4 N–H and O–H groups in total. The molecule has 2 atom stereocenters. The molecule has 4 aromatic heterocycles. The first-order valence-electron chi connectivity index (χ1n) is 37.0. The van der Waals surface area contributed by atoms with Crippen molar-refractivity contribution < 1.29 is 75.5 Å². The first-order valence-corrected chi connectivity index (χ1v) is 38.9. The van der Waals surface area contributed by atoms with Crippen LogP contribution in [0.2, 0.25) is 0 Å². The predicted molar refractivity (Wildman–Crippen MR) is 416 cm³/mol. The standard InChI is InChI=1S/C21H29FN4O2.C14H19N3O2.C14H21NO2.C11H14O3.C8H15N3O4S.C7H13N3O2.C2H2O4/c1-24-20(23-21(27)25(24)2)8-5-11-26-16-9-10-17(26)13-18(12-16)28-14-15-6-3-4-7-19(15)22;1-16-13(15-14(18)17(16)2)9-6-10-19-11-12-7-4-3-5-8-12;1-3-15(2)14(16)10-7-11-17-12-13-8-5-4-6-9-13;12-11(13)7-4-8-14-9-10-5-2-1-3-6-10;1-10-7(9-8(12)11(10)2)5-4-6-15-16(3,13)14;1-9-6(4-3-5-11)8-7(12)10(9)2;3-1(4)2(5)6/h3-4,6-7,16-18H,5,8-14H2,1-2H3;3-5,7-8H,6,9-11H2,1-2H3;4-6,8-9H,3,7,10-12H2,1-2H3;1-3,5-6H,4,7-9H2,(H,12,13);4-6H2,1-3H3;11H,3-5H2,1-2H3;(H,3,4)(H,5,6). The van der Waals surface area contributed by atoms with Gasteiger partial charge in [0.25, 0.3) is 10.1 Å². The Balaban J connectivity index is 0.000000285. The predicted octanol–water partition coefficient (Wildman–Crippen LogP) is 5.43. The number of carboxylic acid groups (broad SMARTS) is 3. The van der Waals surface area contributed by atoms with Crippen molar-refractivity contribution in [3.05, 3.63) is 209 Å². The van der Waals surface area contributed by atoms with Gasteiger partial charge in [-0.1, -0.05) is 109 Å². The number of fused-ring (bicyclic) bond motifs is 2. The molecule has 2 fully saturated rings. The summed E-state index contributed by atoms with van der Waals surface area (Å²) in [5.41, 5.74) is 3.14. The van der Waals surface area contributed by atoms with Crippen molar-refractivity contribution in [2.45, 2.75) is 154 Å². The lowest BCUT2D eigenvalue weighted by molar-refractivity contribution is -0.159. The summed E-state index contributed by atoms with van der Waals surface area (Å²) in [6, 6.07) is 37.9. The summed E-state index contributed by atoms with van der Waals surface area (Å²) in [6.45, 7) is 7.96. The molecule has 10 rings (SSSR count). The number of halogens is 1. The molecule has 0 radical (unpaired) electrons. The van der Waals surface area contributed by atoms with E-state index >= 15 is 0 Å². The molecule has 8 aromatic rings. The molecule has 2 aliphatic rings. The first-order chi connectivity index (χ1) is 53.3. The summed E-state index contributed by atoms with van der Waals surface area (Å²) in [6.07, 6.45) is 13.5. The van der Waals surface area contributed by atoms with E-state index in [2.05, 4.69) is 29.0 Å². The molecule has 0 saturated carbocycles. The second-order valence-electron chi connectivity index (χ2n) is 26.4. The summed E-state index contributed by atoms with van der Waals surface area (Å²) in [5.74, 6) is -1.43. The molecule has 2 saturated heterocycles. The van der Waals surface area contributed by atoms with E-state index in [0.29, 0.717) is 108 Å². The van der Waals surface area contributed by atoms with Gasteiger partial charge in [0.1, 0.15) is 29.1 Å². The molecular weight excluding hydrogens is 1480 g/mol. The minimum atomic E-state index is -3.39. The Morgan fingerprint density at radius 1 is 0.491 bits per heavy atom. The fourth-order valence-corrected chi connectivity index (χ4v) is 11.8. The number of aliphatic hydroxyl groups excluding tert-OH is 1. The number of hydrogen-bond donors (Lipinski definition) is 4. The maximum Gasteiger partial charge on any atom is 0.414 e. The van der Waals surface area contributed by atoms with Gasteiger partial charge in [0.2, 0.25) is 5.91 Å². The van der Waals surface area contributed by atoms with Crippen LogP contribution in [0.15, 0.2) is 134 Å². The van der Waals surface area contributed by atoms with E-state index in [1.54, 1.807) is 73.4 Å². The summed E-state index contributed by atoms with van der Waals surface area (Å²) in [7, 11) is 12.4. The van der Waals surface area contributed by atoms with Gasteiger partial charge < -0.3 is 44.3 Å². The van der Waals surface area contributed by atoms with Crippen molar-refractivity contribution in [3.8, 4) is 0 Å². The van der Waals surface area contributed by atoms with Crippen molar-refractivity contribution in [3.63, 3.8) is 0 Å². The Bertz CT molecular complexity index is 4440. The van der Waals surface area contributed by atoms with Crippen molar-refractivity contribution in [2.24, 2.45) is 56.4 Å². The molecule has 6 heterocycles. The minimum absolute atomic E-state index is 0.101. The van der Waals surface area contributed by atoms with Gasteiger partial charge in [0.15, 0.2) is 0 Å². The number of ether oxygens (including phenoxy) is 4. The maximum absolute atomic E-state index is 13.8. The van der Waals surface area contributed by atoms with Crippen LogP contribution in [0.1, 0.15) is 130 Å². The SMILES string of the molecule is CCN(C)C(=O)CCCOCc1ccccc1.Cn1c(CCCN2C3CCC2CC(OCc2ccccc2F)C3)nc(=O)n1C.Cn1c(CCCO)nc(=O)n1C.Cn1c(CCCOCc2ccccc2)nc(=O)n1C.Cn1c(CCCOS(C)(=O)=O)nc(=O)n1C.O=C(O)C(=O)O.O=C(O)CCCOCc1ccccc1. The van der Waals surface area contributed by atoms with Crippen LogP contribution in [0.25, 0.3) is 0 Å². The van der Waals surface area contributed by atoms with Crippen LogP contribution in [0.4, 0.5) is 4.39 Å². The van der Waals surface area contributed by atoms with E-state index in [-0.39, 0.29) is 60.2 Å². The average Bonchev–Trinajstić information content (AvgIpc) is 1.65. The number of aryl methyl sites for hydroxylation is 4. The number of carbonyl (C=O) groups excluding carboxylic acids is 1. The lowest BCUT2D eigenvalue weighted by atomic mass is 9.99. The Hall–Kier alpha value is -9.88. The number of nitrogens with zero attached hydrogens (tertiary/aromatic N) is 14. The average molecular weight is 1590 g/mol. The van der Waals surface area contributed by atoms with Crippen LogP contribution in [0.5, 0.6) is 0 Å². The van der Waals surface area contributed by atoms with Gasteiger partial charge in [-0.3, -0.25) is 37.4 Å². The Morgan fingerprint density at radius 2 is 0.848 bits per heavy atom. The van der Waals surface area contributed by atoms with E-state index in [1.807, 2.05) is 130 Å². The molecule has 0 spiro atoms. The second kappa shape index (κ2) is 50.9. The van der Waals surface area contributed by atoms with Gasteiger partial charge in [-0.05, 0) is 100 Å². The molecule has 2 aliphatic heterocycles. The van der Waals surface area contributed by atoms with E-state index < -0.39 is 28.0 Å². The molecular formula is C77H113FN14O19S. The topological polar surface area (TPSA) is 395 Å². The summed E-state index contributed by atoms with van der Waals surface area (Å²) >= 11 is 0. The van der Waals surface area contributed by atoms with Crippen LogP contribution < -0.4 is 22.8 Å². The number of aliphatic carboxylic acids is 3. The first kappa shape index (κ1) is 94.5. The van der Waals surface area contributed by atoms with Crippen LogP contribution in [-0.4, -0.2) is 197 Å². The van der Waals surface area contributed by atoms with E-state index in [0.717, 1.165) is 87.3 Å². The van der Waals surface area contributed by atoms with E-state index in [9.17, 15) is 41.6 Å². The number of piperidine rings is 1. The third kappa shape index (κ3) is 35.2. The largest absolute Gasteiger partial charge is 0.481 e. The zero-order valence-corrected chi connectivity index (χ0v) is 67.1. The van der Waals surface area contributed by atoms with Crippen molar-refractivity contribution >= 4 is 33.9 Å². The summed E-state index contributed by atoms with van der Waals surface area (Å²) in [5, 5.41) is 31.7. The third-order valence-electron chi connectivity index (χ3n) is 18.3. The van der Waals surface area contributed by atoms with Crippen LogP contribution >= 0.6 is 0 Å². The van der Waals surface area contributed by atoms with Crippen molar-refractivity contribution in [1.82, 2.24) is 67.2 Å². The number of hydrogen-bond acceptors (Lipinski definition) is 21. The lowest BCUT2D eigenvalue weighted by Crippen LogP contribution is -2.45. The number of carboxylic acids is 3. The highest BCUT2D eigenvalue weighted by Crippen LogP contribution is 2.37. The monoisotopic (exact) mass is 1590 g/mol. The number of rotatable bonds is 34. The zero-order chi connectivity index (χ0) is 82.7. The highest BCUT2D eigenvalue weighted by atomic mass is 32.2. The normalized spacial score (nSPS) is 14.1. The highest BCUT2D eigenvalue weighted by Gasteiger charge is 2.40. The van der Waals surface area contributed by atoms with Gasteiger partial charge in [0.05, 0.1) is 45.4 Å². The number of carbonyl (C=O) groups is 4. The summed E-state index contributed by atoms with van der Waals surface area (Å²) in [4.78, 5) is 105. The fourth-order valence-electron chi connectivity index (χ4n) is 11.4. The Kier molecular flexibility index (Phi) is 42.9. The third-order valence-corrected chi connectivity index (χ3v) is 18.9. The molecule has 33 nitrogen and oxygen atoms in total. The Morgan fingerprint density at radius 3 is 1.20 bits per heavy atom. The highest BCUT2D eigenvalue weighted by molar-refractivity contribution is 7.86. The smallest absolute Gasteiger partial charge is 0.414 e. The van der Waals surface area contributed by atoms with Gasteiger partial charge >= 0.3 is 40.7 Å². The maximum atomic E-state index is 13.8. The van der Waals surface area contributed by atoms with Crippen LogP contribution in [0, 0.1) is 5.82 Å². The molecule has 112 heavy (non-hydrogen) atoms. The van der Waals surface area contributed by atoms with Crippen LogP contribution in [-0.2, 0) is 161 Å². The molecule has 1 amide bonds. The summed E-state index contributed by atoms with van der Waals surface area (Å²) < 4.78 is 75.0. The van der Waals surface area contributed by atoms with Gasteiger partial charge in [-0.2, -0.15) is 28.4 Å². The Labute approximate surface area is 652 Å². The molecule has 2 bridgehead atoms.